The number of nitrogens with zero attached hydrogens (tertiary/aromatic N) is 1. The van der Waals surface area contributed by atoms with E-state index in [1.165, 1.54) is 46.6 Å². The van der Waals surface area contributed by atoms with Crippen molar-refractivity contribution in [2.24, 2.45) is 0 Å². The Kier molecular flexibility index (Phi) is 7.82. The van der Waals surface area contributed by atoms with Crippen molar-refractivity contribution in [3.63, 3.8) is 0 Å². The van der Waals surface area contributed by atoms with Crippen LogP contribution in [0.5, 0.6) is 23.0 Å². The van der Waals surface area contributed by atoms with Crippen LogP contribution in [0.1, 0.15) is 11.1 Å². The van der Waals surface area contributed by atoms with E-state index in [4.69, 9.17) is 18.9 Å². The maximum atomic E-state index is 12.9. The van der Waals surface area contributed by atoms with Crippen LogP contribution in [-0.4, -0.2) is 41.8 Å². The summed E-state index contributed by atoms with van der Waals surface area (Å²) in [5, 5.41) is 11.0. The number of hydrogen-bond donors (Lipinski definition) is 1. The molecule has 3 rings (SSSR count). The van der Waals surface area contributed by atoms with Gasteiger partial charge in [-0.25, -0.2) is 8.42 Å². The summed E-state index contributed by atoms with van der Waals surface area (Å²) in [6.07, 6.45) is 3.57. The van der Waals surface area contributed by atoms with Gasteiger partial charge in [0.2, 0.25) is 5.75 Å². The minimum absolute atomic E-state index is 0.172. The molecule has 1 N–H and O–H groups in total. The molecule has 0 unspecified atom stereocenters. The third kappa shape index (κ3) is 5.82. The molecule has 0 heterocycles. The molecule has 3 aromatic rings. The summed E-state index contributed by atoms with van der Waals surface area (Å²) in [6.45, 7) is 0. The Morgan fingerprint density at radius 2 is 1.43 bits per heavy atom. The lowest BCUT2D eigenvalue weighted by molar-refractivity contribution is -0.385. The van der Waals surface area contributed by atoms with Gasteiger partial charge in [0.05, 0.1) is 43.9 Å². The molecule has 0 amide bonds. The predicted octanol–water partition coefficient (Wildman–Crippen LogP) is 4.60. The first-order chi connectivity index (χ1) is 16.7. The Labute approximate surface area is 202 Å². The molecule has 35 heavy (non-hydrogen) atoms. The van der Waals surface area contributed by atoms with Gasteiger partial charge < -0.3 is 18.9 Å². The highest BCUT2D eigenvalue weighted by atomic mass is 32.2. The van der Waals surface area contributed by atoms with Gasteiger partial charge in [-0.15, -0.1) is 0 Å². The van der Waals surface area contributed by atoms with Crippen LogP contribution in [0.3, 0.4) is 0 Å². The van der Waals surface area contributed by atoms with Crippen LogP contribution >= 0.6 is 0 Å². The molecule has 0 fully saturated rings. The first kappa shape index (κ1) is 25.4. The third-order valence-corrected chi connectivity index (χ3v) is 6.33. The lowest BCUT2D eigenvalue weighted by Gasteiger charge is -2.13. The number of hydrogen-bond acceptors (Lipinski definition) is 8. The van der Waals surface area contributed by atoms with E-state index in [1.54, 1.807) is 42.5 Å². The smallest absolute Gasteiger partial charge is 0.270 e. The van der Waals surface area contributed by atoms with Gasteiger partial charge in [0.25, 0.3) is 15.7 Å². The molecular formula is C24H24N2O8S. The van der Waals surface area contributed by atoms with Crippen molar-refractivity contribution >= 4 is 33.6 Å². The van der Waals surface area contributed by atoms with Gasteiger partial charge in [0.15, 0.2) is 11.5 Å². The fraction of sp³-hybridized carbons (Fsp3) is 0.167. The second kappa shape index (κ2) is 10.8. The fourth-order valence-electron chi connectivity index (χ4n) is 3.27. The minimum atomic E-state index is -4.12. The van der Waals surface area contributed by atoms with Crippen molar-refractivity contribution in [1.29, 1.82) is 0 Å². The Morgan fingerprint density at radius 1 is 0.800 bits per heavy atom. The zero-order chi connectivity index (χ0) is 25.6. The third-order valence-electron chi connectivity index (χ3n) is 4.96. The molecule has 3 aromatic carbocycles. The number of nitro groups is 1. The minimum Gasteiger partial charge on any atom is -0.495 e. The standard InChI is InChI=1S/C24H24N2O8S/c1-31-21-11-10-16(8-9-17-13-22(32-2)24(34-4)23(14-17)33-3)12-20(21)25-35(29,30)19-7-5-6-18(15-19)26(27)28/h5-15,25H,1-4H3. The summed E-state index contributed by atoms with van der Waals surface area (Å²) in [6, 6.07) is 13.3. The predicted molar refractivity (Wildman–Crippen MR) is 132 cm³/mol. The van der Waals surface area contributed by atoms with Crippen LogP contribution in [0.25, 0.3) is 12.2 Å². The highest BCUT2D eigenvalue weighted by molar-refractivity contribution is 7.92. The lowest BCUT2D eigenvalue weighted by atomic mass is 10.1. The largest absolute Gasteiger partial charge is 0.495 e. The highest BCUT2D eigenvalue weighted by Gasteiger charge is 2.20. The van der Waals surface area contributed by atoms with Gasteiger partial charge in [-0.2, -0.15) is 0 Å². The van der Waals surface area contributed by atoms with Crippen LogP contribution in [0, 0.1) is 10.1 Å². The van der Waals surface area contributed by atoms with Crippen LogP contribution in [0.2, 0.25) is 0 Å². The van der Waals surface area contributed by atoms with E-state index in [2.05, 4.69) is 4.72 Å². The molecule has 0 saturated heterocycles. The number of methoxy groups -OCH3 is 4. The normalized spacial score (nSPS) is 11.2. The first-order valence-electron chi connectivity index (χ1n) is 10.2. The van der Waals surface area contributed by atoms with Gasteiger partial charge in [0, 0.05) is 12.1 Å². The summed E-state index contributed by atoms with van der Waals surface area (Å²) in [7, 11) is 1.85. The number of anilines is 1. The summed E-state index contributed by atoms with van der Waals surface area (Å²) < 4.78 is 49.6. The Hall–Kier alpha value is -4.25. The molecular weight excluding hydrogens is 476 g/mol. The van der Waals surface area contributed by atoms with Crippen LogP contribution in [-0.2, 0) is 10.0 Å². The number of rotatable bonds is 10. The zero-order valence-electron chi connectivity index (χ0n) is 19.5. The number of sulfonamides is 1. The van der Waals surface area contributed by atoms with Crippen LogP contribution in [0.4, 0.5) is 11.4 Å². The number of benzene rings is 3. The second-order valence-corrected chi connectivity index (χ2v) is 8.79. The molecule has 0 aliphatic rings. The molecule has 0 spiro atoms. The molecule has 0 bridgehead atoms. The van der Waals surface area contributed by atoms with Crippen molar-refractivity contribution in [2.75, 3.05) is 33.2 Å². The Morgan fingerprint density at radius 3 is 2.00 bits per heavy atom. The Bertz CT molecular complexity index is 1340. The quantitative estimate of drug-likeness (QED) is 0.243. The average Bonchev–Trinajstić information content (AvgIpc) is 2.86. The number of nitro benzene ring substituents is 1. The topological polar surface area (TPSA) is 126 Å². The summed E-state index contributed by atoms with van der Waals surface area (Å²) in [4.78, 5) is 10.1. The fourth-order valence-corrected chi connectivity index (χ4v) is 4.37. The maximum absolute atomic E-state index is 12.9. The molecule has 11 heteroatoms. The van der Waals surface area contributed by atoms with E-state index >= 15 is 0 Å². The molecule has 0 aliphatic heterocycles. The summed E-state index contributed by atoms with van der Waals surface area (Å²) in [5.41, 5.74) is 1.26. The van der Waals surface area contributed by atoms with Gasteiger partial charge >= 0.3 is 0 Å². The van der Waals surface area contributed by atoms with Gasteiger partial charge in [-0.1, -0.05) is 24.3 Å². The molecule has 0 aromatic heterocycles. The van der Waals surface area contributed by atoms with Crippen molar-refractivity contribution in [3.8, 4) is 23.0 Å². The molecule has 0 saturated carbocycles. The SMILES string of the molecule is COc1ccc(C=Cc2cc(OC)c(OC)c(OC)c2)cc1NS(=O)(=O)c1cccc([N+](=O)[O-])c1. The number of ether oxygens (including phenoxy) is 4. The van der Waals surface area contributed by atoms with E-state index in [0.717, 1.165) is 11.6 Å². The lowest BCUT2D eigenvalue weighted by Crippen LogP contribution is -2.14. The summed E-state index contributed by atoms with van der Waals surface area (Å²) >= 11 is 0. The first-order valence-corrected chi connectivity index (χ1v) is 11.6. The monoisotopic (exact) mass is 500 g/mol. The molecule has 184 valence electrons. The number of nitrogens with one attached hydrogen (secondary N) is 1. The van der Waals surface area contributed by atoms with Gasteiger partial charge in [0.1, 0.15) is 5.75 Å². The van der Waals surface area contributed by atoms with E-state index in [-0.39, 0.29) is 22.0 Å². The van der Waals surface area contributed by atoms with Crippen molar-refractivity contribution in [2.45, 2.75) is 4.90 Å². The molecule has 0 aliphatic carbocycles. The maximum Gasteiger partial charge on any atom is 0.270 e. The van der Waals surface area contributed by atoms with Crippen molar-refractivity contribution < 1.29 is 32.3 Å². The van der Waals surface area contributed by atoms with Gasteiger partial charge in [-0.3, -0.25) is 14.8 Å². The van der Waals surface area contributed by atoms with Crippen molar-refractivity contribution in [3.05, 3.63) is 75.8 Å². The van der Waals surface area contributed by atoms with Crippen LogP contribution in [0.15, 0.2) is 59.5 Å². The average molecular weight is 501 g/mol. The van der Waals surface area contributed by atoms with E-state index < -0.39 is 14.9 Å². The zero-order valence-corrected chi connectivity index (χ0v) is 20.3. The summed E-state index contributed by atoms with van der Waals surface area (Å²) in [5.74, 6) is 1.73. The van der Waals surface area contributed by atoms with E-state index in [1.807, 2.05) is 0 Å². The molecule has 0 atom stereocenters. The van der Waals surface area contributed by atoms with E-state index in [9.17, 15) is 18.5 Å². The van der Waals surface area contributed by atoms with Gasteiger partial charge in [-0.05, 0) is 41.5 Å². The van der Waals surface area contributed by atoms with Crippen molar-refractivity contribution in [1.82, 2.24) is 0 Å². The second-order valence-electron chi connectivity index (χ2n) is 7.11. The number of non-ortho nitro benzene ring substituents is 1. The molecule has 10 nitrogen and oxygen atoms in total. The highest BCUT2D eigenvalue weighted by Crippen LogP contribution is 2.38. The van der Waals surface area contributed by atoms with Crippen LogP contribution < -0.4 is 23.7 Å². The Balaban J connectivity index is 1.94. The van der Waals surface area contributed by atoms with E-state index in [0.29, 0.717) is 22.8 Å². The molecule has 0 radical (unpaired) electrons.